The molecule has 0 aliphatic heterocycles. The van der Waals surface area contributed by atoms with E-state index >= 15 is 0 Å². The van der Waals surface area contributed by atoms with Crippen LogP contribution < -0.4 is 5.73 Å². The van der Waals surface area contributed by atoms with Crippen LogP contribution in [0.5, 0.6) is 0 Å². The molecule has 22 heavy (non-hydrogen) atoms. The lowest BCUT2D eigenvalue weighted by molar-refractivity contribution is -0.159. The molecule has 5 nitrogen and oxygen atoms in total. The number of halogens is 3. The highest BCUT2D eigenvalue weighted by Gasteiger charge is 2.38. The third-order valence-electron chi connectivity index (χ3n) is 2.90. The van der Waals surface area contributed by atoms with Crippen LogP contribution in [0, 0.1) is 0 Å². The lowest BCUT2D eigenvalue weighted by atomic mass is 10.1. The fourth-order valence-electron chi connectivity index (χ4n) is 1.64. The molecule has 0 fully saturated rings. The van der Waals surface area contributed by atoms with Gasteiger partial charge in [0.25, 0.3) is 0 Å². The molecule has 1 heterocycles. The van der Waals surface area contributed by atoms with Crippen LogP contribution in [-0.4, -0.2) is 19.9 Å². The van der Waals surface area contributed by atoms with E-state index in [4.69, 9.17) is 5.73 Å². The monoisotopic (exact) mass is 333 g/mol. The third kappa shape index (κ3) is 3.72. The van der Waals surface area contributed by atoms with Gasteiger partial charge in [-0.15, -0.1) is 0 Å². The first-order valence-electron chi connectivity index (χ1n) is 6.35. The van der Waals surface area contributed by atoms with Crippen molar-refractivity contribution in [1.82, 2.24) is 10.1 Å². The van der Waals surface area contributed by atoms with Crippen molar-refractivity contribution in [2.45, 2.75) is 31.0 Å². The van der Waals surface area contributed by atoms with Crippen molar-refractivity contribution in [3.05, 3.63) is 29.7 Å². The molecule has 0 bridgehead atoms. The van der Waals surface area contributed by atoms with E-state index in [9.17, 15) is 17.7 Å². The van der Waals surface area contributed by atoms with Gasteiger partial charge in [-0.2, -0.15) is 18.2 Å². The van der Waals surface area contributed by atoms with Gasteiger partial charge in [0, 0.05) is 16.8 Å². The van der Waals surface area contributed by atoms with Gasteiger partial charge in [-0.05, 0) is 31.1 Å². The number of aromatic nitrogens is 2. The van der Waals surface area contributed by atoms with Crippen LogP contribution in [-0.2, 0) is 23.1 Å². The minimum absolute atomic E-state index is 0.00868. The highest BCUT2D eigenvalue weighted by Crippen LogP contribution is 2.30. The van der Waals surface area contributed by atoms with E-state index in [-0.39, 0.29) is 16.8 Å². The summed E-state index contributed by atoms with van der Waals surface area (Å²) >= 11 is -1.07. The molecule has 0 saturated heterocycles. The second-order valence-electron chi connectivity index (χ2n) is 4.91. The lowest BCUT2D eigenvalue weighted by Gasteiger charge is -2.15. The number of alkyl halides is 3. The maximum atomic E-state index is 12.4. The SMILES string of the molecule is CC(C)[S+]([O-])Cc1ccc(-c2noc(C(F)(F)F)n2)cc1N. The molecule has 2 aromatic rings. The zero-order valence-corrected chi connectivity index (χ0v) is 12.7. The fraction of sp³-hybridized carbons (Fsp3) is 0.385. The van der Waals surface area contributed by atoms with Crippen molar-refractivity contribution in [1.29, 1.82) is 0 Å². The van der Waals surface area contributed by atoms with E-state index < -0.39 is 23.2 Å². The van der Waals surface area contributed by atoms with Gasteiger partial charge in [-0.25, -0.2) is 0 Å². The Balaban J connectivity index is 2.24. The topological polar surface area (TPSA) is 88.0 Å². The quantitative estimate of drug-likeness (QED) is 0.686. The van der Waals surface area contributed by atoms with Gasteiger partial charge in [0.05, 0.1) is 0 Å². The van der Waals surface area contributed by atoms with Crippen LogP contribution >= 0.6 is 0 Å². The van der Waals surface area contributed by atoms with Crippen LogP contribution in [0.4, 0.5) is 18.9 Å². The molecule has 120 valence electrons. The summed E-state index contributed by atoms with van der Waals surface area (Å²) in [5, 5.41) is 3.28. The van der Waals surface area contributed by atoms with Gasteiger partial charge in [0.1, 0.15) is 11.0 Å². The molecule has 0 aliphatic rings. The molecule has 0 saturated carbocycles. The first-order chi connectivity index (χ1) is 10.2. The maximum Gasteiger partial charge on any atom is 0.471 e. The van der Waals surface area contributed by atoms with E-state index in [1.165, 1.54) is 12.1 Å². The van der Waals surface area contributed by atoms with Crippen LogP contribution in [0.1, 0.15) is 25.3 Å². The van der Waals surface area contributed by atoms with Gasteiger partial charge in [0.2, 0.25) is 5.82 Å². The Morgan fingerprint density at radius 1 is 1.36 bits per heavy atom. The van der Waals surface area contributed by atoms with E-state index in [1.807, 2.05) is 13.8 Å². The third-order valence-corrected chi connectivity index (χ3v) is 4.54. The van der Waals surface area contributed by atoms with Crippen molar-refractivity contribution >= 4 is 16.9 Å². The zero-order chi connectivity index (χ0) is 16.5. The summed E-state index contributed by atoms with van der Waals surface area (Å²) in [6.45, 7) is 3.66. The van der Waals surface area contributed by atoms with E-state index in [2.05, 4.69) is 14.7 Å². The number of anilines is 1. The second kappa shape index (κ2) is 6.17. The van der Waals surface area contributed by atoms with Crippen molar-refractivity contribution in [3.63, 3.8) is 0 Å². The Hall–Kier alpha value is -1.74. The first kappa shape index (κ1) is 16.6. The minimum atomic E-state index is -4.69. The van der Waals surface area contributed by atoms with Crippen molar-refractivity contribution in [2.24, 2.45) is 0 Å². The average Bonchev–Trinajstić information content (AvgIpc) is 2.90. The van der Waals surface area contributed by atoms with E-state index in [0.717, 1.165) is 0 Å². The van der Waals surface area contributed by atoms with Crippen molar-refractivity contribution in [3.8, 4) is 11.4 Å². The Morgan fingerprint density at radius 2 is 2.05 bits per heavy atom. The summed E-state index contributed by atoms with van der Waals surface area (Å²) < 4.78 is 53.3. The molecular weight excluding hydrogens is 319 g/mol. The number of rotatable bonds is 4. The number of nitrogens with zero attached hydrogens (tertiary/aromatic N) is 2. The first-order valence-corrected chi connectivity index (χ1v) is 7.73. The van der Waals surface area contributed by atoms with Crippen molar-refractivity contribution in [2.75, 3.05) is 5.73 Å². The molecule has 0 radical (unpaired) electrons. The summed E-state index contributed by atoms with van der Waals surface area (Å²) in [6, 6.07) is 4.57. The standard InChI is InChI=1S/C13H14F3N3O2S/c1-7(2)22(20)6-9-4-3-8(5-10(9)17)11-18-12(21-19-11)13(14,15)16/h3-5,7H,6,17H2,1-2H3. The Labute approximate surface area is 127 Å². The number of benzene rings is 1. The van der Waals surface area contributed by atoms with Gasteiger partial charge < -0.3 is 14.8 Å². The van der Waals surface area contributed by atoms with Crippen LogP contribution in [0.25, 0.3) is 11.4 Å². The number of nitrogen functional groups attached to an aromatic ring is 1. The van der Waals surface area contributed by atoms with Gasteiger partial charge >= 0.3 is 12.1 Å². The van der Waals surface area contributed by atoms with E-state index in [1.54, 1.807) is 6.07 Å². The summed E-state index contributed by atoms with van der Waals surface area (Å²) in [5.41, 5.74) is 7.14. The molecular formula is C13H14F3N3O2S. The smallest absolute Gasteiger partial charge is 0.471 e. The van der Waals surface area contributed by atoms with Crippen LogP contribution in [0.2, 0.25) is 0 Å². The summed E-state index contributed by atoms with van der Waals surface area (Å²) in [7, 11) is 0. The normalized spacial score (nSPS) is 13.6. The number of nitrogens with two attached hydrogens (primary N) is 1. The molecule has 0 spiro atoms. The van der Waals surface area contributed by atoms with Crippen LogP contribution in [0.3, 0.4) is 0 Å². The second-order valence-corrected chi connectivity index (χ2v) is 6.90. The predicted molar refractivity (Wildman–Crippen MR) is 76.1 cm³/mol. The fourth-order valence-corrected chi connectivity index (χ4v) is 2.54. The zero-order valence-electron chi connectivity index (χ0n) is 11.8. The highest BCUT2D eigenvalue weighted by molar-refractivity contribution is 7.91. The van der Waals surface area contributed by atoms with Gasteiger partial charge in [-0.3, -0.25) is 0 Å². The van der Waals surface area contributed by atoms with Gasteiger partial charge in [-0.1, -0.05) is 17.3 Å². The minimum Gasteiger partial charge on any atom is -0.616 e. The molecule has 2 rings (SSSR count). The molecule has 0 amide bonds. The molecule has 0 aliphatic carbocycles. The molecule has 9 heteroatoms. The molecule has 2 N–H and O–H groups in total. The Bertz CT molecular complexity index is 658. The summed E-state index contributed by atoms with van der Waals surface area (Å²) in [4.78, 5) is 3.29. The number of hydrogen-bond donors (Lipinski definition) is 1. The van der Waals surface area contributed by atoms with E-state index in [0.29, 0.717) is 16.8 Å². The largest absolute Gasteiger partial charge is 0.616 e. The van der Waals surface area contributed by atoms with Crippen molar-refractivity contribution < 1.29 is 22.2 Å². The molecule has 1 atom stereocenters. The highest BCUT2D eigenvalue weighted by atomic mass is 32.2. The Morgan fingerprint density at radius 3 is 2.55 bits per heavy atom. The molecule has 1 aromatic heterocycles. The molecule has 1 unspecified atom stereocenters. The van der Waals surface area contributed by atoms with Crippen LogP contribution in [0.15, 0.2) is 22.7 Å². The summed E-state index contributed by atoms with van der Waals surface area (Å²) in [6.07, 6.45) is -4.69. The summed E-state index contributed by atoms with van der Waals surface area (Å²) in [5.74, 6) is -1.33. The average molecular weight is 333 g/mol. The predicted octanol–water partition coefficient (Wildman–Crippen LogP) is 2.99. The number of hydrogen-bond acceptors (Lipinski definition) is 5. The lowest BCUT2D eigenvalue weighted by Crippen LogP contribution is -2.16. The van der Waals surface area contributed by atoms with Gasteiger partial charge in [0.15, 0.2) is 0 Å². The maximum absolute atomic E-state index is 12.4. The molecule has 1 aromatic carbocycles. The Kier molecular flexibility index (Phi) is 4.66.